The minimum atomic E-state index is -0.544. The summed E-state index contributed by atoms with van der Waals surface area (Å²) in [7, 11) is 0. The van der Waals surface area contributed by atoms with Crippen molar-refractivity contribution in [2.45, 2.75) is 65.0 Å². The molecular weight excluding hydrogens is 396 g/mol. The number of ether oxygens (including phenoxy) is 2. The van der Waals surface area contributed by atoms with Crippen LogP contribution in [0, 0.1) is 11.8 Å². The minimum Gasteiger partial charge on any atom is -0.447 e. The van der Waals surface area contributed by atoms with Crippen molar-refractivity contribution in [3.8, 4) is 0 Å². The first kappa shape index (κ1) is 23.1. The van der Waals surface area contributed by atoms with E-state index in [1.54, 1.807) is 4.90 Å². The van der Waals surface area contributed by atoms with Crippen LogP contribution in [0.3, 0.4) is 0 Å². The average molecular weight is 431 g/mol. The van der Waals surface area contributed by atoms with E-state index in [0.29, 0.717) is 31.8 Å². The summed E-state index contributed by atoms with van der Waals surface area (Å²) >= 11 is 0. The first-order valence-corrected chi connectivity index (χ1v) is 11.2. The van der Waals surface area contributed by atoms with Gasteiger partial charge >= 0.3 is 12.2 Å². The van der Waals surface area contributed by atoms with E-state index in [1.165, 1.54) is 4.90 Å². The Kier molecular flexibility index (Phi) is 7.23. The lowest BCUT2D eigenvalue weighted by Gasteiger charge is -2.34. The molecule has 2 atom stereocenters. The van der Waals surface area contributed by atoms with Crippen LogP contribution in [0.15, 0.2) is 30.3 Å². The zero-order valence-corrected chi connectivity index (χ0v) is 19.0. The molecule has 31 heavy (non-hydrogen) atoms. The first-order valence-electron chi connectivity index (χ1n) is 11.2. The van der Waals surface area contributed by atoms with Gasteiger partial charge in [-0.05, 0) is 57.9 Å². The summed E-state index contributed by atoms with van der Waals surface area (Å²) in [6, 6.07) is 9.56. The highest BCUT2D eigenvalue weighted by molar-refractivity contribution is 5.94. The van der Waals surface area contributed by atoms with E-state index in [2.05, 4.69) is 0 Å². The summed E-state index contributed by atoms with van der Waals surface area (Å²) in [6.07, 6.45) is 2.13. The maximum atomic E-state index is 13.1. The Labute approximate surface area is 184 Å². The number of carbonyl (C=O) groups is 3. The molecule has 170 valence electrons. The summed E-state index contributed by atoms with van der Waals surface area (Å²) in [5.41, 5.74) is 0.570. The molecular formula is C24H34N2O5. The Balaban J connectivity index is 1.52. The summed E-state index contributed by atoms with van der Waals surface area (Å²) in [4.78, 5) is 40.7. The van der Waals surface area contributed by atoms with Gasteiger partial charge in [0.1, 0.15) is 12.2 Å². The van der Waals surface area contributed by atoms with Gasteiger partial charge in [-0.3, -0.25) is 4.79 Å². The van der Waals surface area contributed by atoms with E-state index < -0.39 is 11.7 Å². The molecule has 2 saturated heterocycles. The lowest BCUT2D eigenvalue weighted by atomic mass is 9.87. The third kappa shape index (κ3) is 6.21. The second-order valence-corrected chi connectivity index (χ2v) is 9.68. The second-order valence-electron chi connectivity index (χ2n) is 9.68. The summed E-state index contributed by atoms with van der Waals surface area (Å²) in [5, 5.41) is 0. The van der Waals surface area contributed by atoms with Crippen LogP contribution < -0.4 is 0 Å². The van der Waals surface area contributed by atoms with E-state index in [4.69, 9.17) is 9.47 Å². The van der Waals surface area contributed by atoms with Crippen molar-refractivity contribution < 1.29 is 23.9 Å². The molecule has 0 aromatic heterocycles. The Morgan fingerprint density at radius 2 is 1.81 bits per heavy atom. The van der Waals surface area contributed by atoms with E-state index in [0.717, 1.165) is 18.4 Å². The number of benzene rings is 1. The highest BCUT2D eigenvalue weighted by Gasteiger charge is 2.40. The number of piperidine rings is 1. The van der Waals surface area contributed by atoms with Crippen molar-refractivity contribution in [2.24, 2.45) is 11.8 Å². The number of rotatable bonds is 5. The molecule has 3 rings (SSSR count). The topological polar surface area (TPSA) is 76.2 Å². The van der Waals surface area contributed by atoms with E-state index in [9.17, 15) is 14.4 Å². The summed E-state index contributed by atoms with van der Waals surface area (Å²) in [5.74, 6) is -0.108. The highest BCUT2D eigenvalue weighted by atomic mass is 16.6. The molecule has 0 bridgehead atoms. The molecule has 7 heteroatoms. The monoisotopic (exact) mass is 430 g/mol. The molecule has 2 fully saturated rings. The zero-order chi connectivity index (χ0) is 22.6. The summed E-state index contributed by atoms with van der Waals surface area (Å²) in [6.45, 7) is 8.96. The van der Waals surface area contributed by atoms with Crippen LogP contribution in [0.5, 0.6) is 0 Å². The lowest BCUT2D eigenvalue weighted by molar-refractivity contribution is -0.133. The fraction of sp³-hybridized carbons (Fsp3) is 0.625. The van der Waals surface area contributed by atoms with Crippen molar-refractivity contribution in [1.82, 2.24) is 9.80 Å². The fourth-order valence-electron chi connectivity index (χ4n) is 4.28. The quantitative estimate of drug-likeness (QED) is 0.698. The van der Waals surface area contributed by atoms with Crippen LogP contribution in [0.25, 0.3) is 0 Å². The van der Waals surface area contributed by atoms with Gasteiger partial charge in [0.15, 0.2) is 0 Å². The maximum Gasteiger partial charge on any atom is 0.416 e. The number of hydrogen-bond acceptors (Lipinski definition) is 5. The molecule has 0 radical (unpaired) electrons. The molecule has 2 aliphatic rings. The minimum absolute atomic E-state index is 0.169. The van der Waals surface area contributed by atoms with E-state index in [-0.39, 0.29) is 30.6 Å². The van der Waals surface area contributed by atoms with Crippen LogP contribution >= 0.6 is 0 Å². The largest absolute Gasteiger partial charge is 0.447 e. The zero-order valence-electron chi connectivity index (χ0n) is 19.0. The van der Waals surface area contributed by atoms with Gasteiger partial charge in [0.25, 0.3) is 0 Å². The number of cyclic esters (lactones) is 1. The number of amides is 3. The molecule has 1 aromatic carbocycles. The van der Waals surface area contributed by atoms with Crippen molar-refractivity contribution in [3.05, 3.63) is 35.9 Å². The van der Waals surface area contributed by atoms with Gasteiger partial charge in [0, 0.05) is 19.0 Å². The van der Waals surface area contributed by atoms with Crippen molar-refractivity contribution >= 4 is 18.1 Å². The predicted octanol–water partition coefficient (Wildman–Crippen LogP) is 4.25. The van der Waals surface area contributed by atoms with E-state index in [1.807, 2.05) is 58.0 Å². The Morgan fingerprint density at radius 1 is 1.16 bits per heavy atom. The van der Waals surface area contributed by atoms with Gasteiger partial charge in [-0.15, -0.1) is 0 Å². The van der Waals surface area contributed by atoms with Crippen LogP contribution in [-0.4, -0.2) is 59.2 Å². The summed E-state index contributed by atoms with van der Waals surface area (Å²) < 4.78 is 10.6. The normalized spacial score (nSPS) is 21.0. The number of carbonyl (C=O) groups excluding carboxylic acids is 3. The van der Waals surface area contributed by atoms with Gasteiger partial charge in [-0.25, -0.2) is 14.5 Å². The smallest absolute Gasteiger partial charge is 0.416 e. The Hall–Kier alpha value is -2.57. The van der Waals surface area contributed by atoms with Crippen LogP contribution in [0.4, 0.5) is 9.59 Å². The lowest BCUT2D eigenvalue weighted by Crippen LogP contribution is -2.44. The van der Waals surface area contributed by atoms with Crippen LogP contribution in [-0.2, 0) is 20.7 Å². The molecule has 2 heterocycles. The number of likely N-dealkylation sites (tertiary alicyclic amines) is 1. The molecule has 0 spiro atoms. The molecule has 0 N–H and O–H groups in total. The first-order chi connectivity index (χ1) is 14.6. The molecule has 0 saturated carbocycles. The van der Waals surface area contributed by atoms with Gasteiger partial charge in [-0.1, -0.05) is 37.3 Å². The van der Waals surface area contributed by atoms with Crippen LogP contribution in [0.1, 0.15) is 52.5 Å². The predicted molar refractivity (Wildman–Crippen MR) is 116 cm³/mol. The number of nitrogens with zero attached hydrogens (tertiary/aromatic N) is 2. The van der Waals surface area contributed by atoms with Gasteiger partial charge in [0.05, 0.1) is 6.04 Å². The molecule has 1 aromatic rings. The fourth-order valence-corrected chi connectivity index (χ4v) is 4.28. The SMILES string of the molecule is C[C@@H](CC1CCN(C(=O)OC(C)(C)C)CC1)C(=O)N1C(=O)OCC1Cc1ccccc1. The molecule has 3 amide bonds. The average Bonchev–Trinajstić information content (AvgIpc) is 3.07. The highest BCUT2D eigenvalue weighted by Crippen LogP contribution is 2.28. The maximum absolute atomic E-state index is 13.1. The standard InChI is InChI=1S/C24H34N2O5/c1-17(14-19-10-12-25(13-11-19)22(28)31-24(2,3)4)21(27)26-20(16-30-23(26)29)15-18-8-6-5-7-9-18/h5-9,17,19-20H,10-16H2,1-4H3/t17-,20?/m0/s1. The molecule has 0 aliphatic carbocycles. The number of hydrogen-bond donors (Lipinski definition) is 0. The third-order valence-corrected chi connectivity index (χ3v) is 5.89. The van der Waals surface area contributed by atoms with Gasteiger partial charge in [0.2, 0.25) is 5.91 Å². The molecule has 1 unspecified atom stereocenters. The van der Waals surface area contributed by atoms with Gasteiger partial charge < -0.3 is 14.4 Å². The van der Waals surface area contributed by atoms with E-state index >= 15 is 0 Å². The Bertz CT molecular complexity index is 781. The second kappa shape index (κ2) is 9.71. The third-order valence-electron chi connectivity index (χ3n) is 5.89. The van der Waals surface area contributed by atoms with Crippen molar-refractivity contribution in [2.75, 3.05) is 19.7 Å². The van der Waals surface area contributed by atoms with Crippen LogP contribution in [0.2, 0.25) is 0 Å². The van der Waals surface area contributed by atoms with Crippen molar-refractivity contribution in [1.29, 1.82) is 0 Å². The van der Waals surface area contributed by atoms with Gasteiger partial charge in [-0.2, -0.15) is 0 Å². The van der Waals surface area contributed by atoms with Crippen molar-refractivity contribution in [3.63, 3.8) is 0 Å². The molecule has 2 aliphatic heterocycles. The number of imide groups is 1. The Morgan fingerprint density at radius 3 is 2.42 bits per heavy atom. The molecule has 7 nitrogen and oxygen atoms in total.